The van der Waals surface area contributed by atoms with Crippen LogP contribution in [0.4, 0.5) is 0 Å². The molecule has 152 valence electrons. The SMILES string of the molecule is C[C@@H](NC(=O)C[C@H](c1ccc(Cl)cc1)c1cn(C)c2ccccc12)c1ccccc1. The minimum absolute atomic E-state index is 0.0271. The van der Waals surface area contributed by atoms with Crippen molar-refractivity contribution in [3.63, 3.8) is 0 Å². The van der Waals surface area contributed by atoms with Crippen molar-refractivity contribution < 1.29 is 4.79 Å². The van der Waals surface area contributed by atoms with Crippen molar-refractivity contribution in [3.05, 3.63) is 107 Å². The molecule has 0 bridgehead atoms. The number of rotatable bonds is 6. The second kappa shape index (κ2) is 8.76. The van der Waals surface area contributed by atoms with E-state index in [9.17, 15) is 4.79 Å². The van der Waals surface area contributed by atoms with Gasteiger partial charge in [0.15, 0.2) is 0 Å². The standard InChI is InChI=1S/C26H25ClN2O/c1-18(19-8-4-3-5-9-19)28-26(30)16-23(20-12-14-21(27)15-13-20)24-17-29(2)25-11-7-6-10-22(24)25/h3-15,17-18,23H,16H2,1-2H3,(H,28,30)/t18-,23-/m1/s1. The van der Waals surface area contributed by atoms with Crippen LogP contribution in [0.25, 0.3) is 10.9 Å². The molecule has 0 aliphatic heterocycles. The second-order valence-corrected chi connectivity index (χ2v) is 8.16. The molecule has 4 aromatic rings. The van der Waals surface area contributed by atoms with Gasteiger partial charge in [-0.25, -0.2) is 0 Å². The molecule has 0 fully saturated rings. The molecule has 0 aliphatic rings. The molecule has 3 aromatic carbocycles. The first kappa shape index (κ1) is 20.2. The Morgan fingerprint density at radius 3 is 2.33 bits per heavy atom. The number of para-hydroxylation sites is 1. The van der Waals surface area contributed by atoms with Crippen molar-refractivity contribution >= 4 is 28.4 Å². The number of aromatic nitrogens is 1. The third kappa shape index (κ3) is 4.27. The van der Waals surface area contributed by atoms with Crippen molar-refractivity contribution in [1.82, 2.24) is 9.88 Å². The molecular formula is C26H25ClN2O. The van der Waals surface area contributed by atoms with Crippen LogP contribution < -0.4 is 5.32 Å². The summed E-state index contributed by atoms with van der Waals surface area (Å²) < 4.78 is 2.12. The molecule has 3 nitrogen and oxygen atoms in total. The number of carbonyl (C=O) groups is 1. The average Bonchev–Trinajstić information content (AvgIpc) is 3.10. The minimum atomic E-state index is -0.0589. The highest BCUT2D eigenvalue weighted by Gasteiger charge is 2.23. The van der Waals surface area contributed by atoms with Crippen LogP contribution in [0.15, 0.2) is 85.1 Å². The summed E-state index contributed by atoms with van der Waals surface area (Å²) >= 11 is 6.12. The number of halogens is 1. The Morgan fingerprint density at radius 2 is 1.60 bits per heavy atom. The lowest BCUT2D eigenvalue weighted by Gasteiger charge is -2.20. The molecule has 1 heterocycles. The summed E-state index contributed by atoms with van der Waals surface area (Å²) in [4.78, 5) is 13.0. The van der Waals surface area contributed by atoms with Crippen molar-refractivity contribution in [1.29, 1.82) is 0 Å². The maximum absolute atomic E-state index is 13.0. The average molecular weight is 417 g/mol. The molecule has 30 heavy (non-hydrogen) atoms. The lowest BCUT2D eigenvalue weighted by molar-refractivity contribution is -0.121. The predicted octanol–water partition coefficient (Wildman–Crippen LogP) is 6.23. The predicted molar refractivity (Wildman–Crippen MR) is 124 cm³/mol. The number of hydrogen-bond donors (Lipinski definition) is 1. The van der Waals surface area contributed by atoms with Crippen LogP contribution in [0.1, 0.15) is 42.0 Å². The Labute approximate surface area is 182 Å². The summed E-state index contributed by atoms with van der Waals surface area (Å²) in [5, 5.41) is 5.02. The summed E-state index contributed by atoms with van der Waals surface area (Å²) in [7, 11) is 2.04. The Kier molecular flexibility index (Phi) is 5.91. The fourth-order valence-corrected chi connectivity index (χ4v) is 4.19. The van der Waals surface area contributed by atoms with E-state index in [1.54, 1.807) is 0 Å². The zero-order valence-electron chi connectivity index (χ0n) is 17.2. The van der Waals surface area contributed by atoms with Crippen molar-refractivity contribution in [2.75, 3.05) is 0 Å². The maximum Gasteiger partial charge on any atom is 0.221 e. The second-order valence-electron chi connectivity index (χ2n) is 7.72. The number of aryl methyl sites for hydroxylation is 1. The minimum Gasteiger partial charge on any atom is -0.350 e. The van der Waals surface area contributed by atoms with Crippen LogP contribution in [0.2, 0.25) is 5.02 Å². The maximum atomic E-state index is 13.0. The molecule has 0 saturated heterocycles. The summed E-state index contributed by atoms with van der Waals surface area (Å²) in [5.41, 5.74) is 4.49. The third-order valence-corrected chi connectivity index (χ3v) is 5.89. The van der Waals surface area contributed by atoms with E-state index in [0.29, 0.717) is 11.4 Å². The van der Waals surface area contributed by atoms with Crippen LogP contribution >= 0.6 is 11.6 Å². The van der Waals surface area contributed by atoms with E-state index in [4.69, 9.17) is 11.6 Å². The fourth-order valence-electron chi connectivity index (χ4n) is 4.06. The van der Waals surface area contributed by atoms with Gasteiger partial charge in [-0.05, 0) is 41.8 Å². The first-order valence-electron chi connectivity index (χ1n) is 10.2. The van der Waals surface area contributed by atoms with Crippen LogP contribution in [0, 0.1) is 0 Å². The van der Waals surface area contributed by atoms with Gasteiger partial charge in [-0.3, -0.25) is 4.79 Å². The van der Waals surface area contributed by atoms with Gasteiger partial charge in [-0.1, -0.05) is 72.3 Å². The zero-order chi connectivity index (χ0) is 21.1. The highest BCUT2D eigenvalue weighted by Crippen LogP contribution is 2.35. The summed E-state index contributed by atoms with van der Waals surface area (Å²) in [6, 6.07) is 26.1. The van der Waals surface area contributed by atoms with Gasteiger partial charge < -0.3 is 9.88 Å². The number of nitrogens with one attached hydrogen (secondary N) is 1. The van der Waals surface area contributed by atoms with E-state index in [1.807, 2.05) is 80.7 Å². The summed E-state index contributed by atoms with van der Waals surface area (Å²) in [6.07, 6.45) is 2.50. The monoisotopic (exact) mass is 416 g/mol. The van der Waals surface area contributed by atoms with E-state index < -0.39 is 0 Å². The molecular weight excluding hydrogens is 392 g/mol. The van der Waals surface area contributed by atoms with E-state index in [2.05, 4.69) is 28.2 Å². The third-order valence-electron chi connectivity index (χ3n) is 5.64. The van der Waals surface area contributed by atoms with Gasteiger partial charge in [0, 0.05) is 41.5 Å². The van der Waals surface area contributed by atoms with Gasteiger partial charge >= 0.3 is 0 Å². The van der Waals surface area contributed by atoms with E-state index in [1.165, 1.54) is 5.39 Å². The van der Waals surface area contributed by atoms with Crippen molar-refractivity contribution in [2.24, 2.45) is 7.05 Å². The van der Waals surface area contributed by atoms with Gasteiger partial charge in [0.2, 0.25) is 5.91 Å². The first-order valence-corrected chi connectivity index (χ1v) is 10.5. The Balaban J connectivity index is 1.66. The van der Waals surface area contributed by atoms with E-state index in [-0.39, 0.29) is 17.9 Å². The van der Waals surface area contributed by atoms with Crippen molar-refractivity contribution in [2.45, 2.75) is 25.3 Å². The van der Waals surface area contributed by atoms with Gasteiger partial charge in [0.1, 0.15) is 0 Å². The highest BCUT2D eigenvalue weighted by molar-refractivity contribution is 6.30. The number of benzene rings is 3. The normalized spacial score (nSPS) is 13.2. The molecule has 2 atom stereocenters. The first-order chi connectivity index (χ1) is 14.5. The topological polar surface area (TPSA) is 34.0 Å². The lowest BCUT2D eigenvalue weighted by Crippen LogP contribution is -2.28. The van der Waals surface area contributed by atoms with E-state index in [0.717, 1.165) is 22.2 Å². The Bertz CT molecular complexity index is 1150. The van der Waals surface area contributed by atoms with Crippen LogP contribution in [-0.2, 0) is 11.8 Å². The van der Waals surface area contributed by atoms with Gasteiger partial charge in [0.05, 0.1) is 6.04 Å². The molecule has 0 spiro atoms. The number of nitrogens with zero attached hydrogens (tertiary/aromatic N) is 1. The molecule has 0 saturated carbocycles. The number of hydrogen-bond acceptors (Lipinski definition) is 1. The van der Waals surface area contributed by atoms with Crippen LogP contribution in [-0.4, -0.2) is 10.5 Å². The molecule has 4 heteroatoms. The molecule has 0 unspecified atom stereocenters. The number of amides is 1. The summed E-state index contributed by atoms with van der Waals surface area (Å²) in [5.74, 6) is -0.0319. The smallest absolute Gasteiger partial charge is 0.221 e. The van der Waals surface area contributed by atoms with Crippen LogP contribution in [0.5, 0.6) is 0 Å². The molecule has 0 aliphatic carbocycles. The quantitative estimate of drug-likeness (QED) is 0.397. The van der Waals surface area contributed by atoms with E-state index >= 15 is 0 Å². The Hall–Kier alpha value is -3.04. The summed E-state index contributed by atoms with van der Waals surface area (Å²) in [6.45, 7) is 2.02. The molecule has 1 N–H and O–H groups in total. The van der Waals surface area contributed by atoms with Crippen molar-refractivity contribution in [3.8, 4) is 0 Å². The lowest BCUT2D eigenvalue weighted by atomic mass is 9.88. The number of fused-ring (bicyclic) bond motifs is 1. The largest absolute Gasteiger partial charge is 0.350 e. The Morgan fingerprint density at radius 1 is 0.933 bits per heavy atom. The van der Waals surface area contributed by atoms with Gasteiger partial charge in [-0.15, -0.1) is 0 Å². The zero-order valence-corrected chi connectivity index (χ0v) is 17.9. The van der Waals surface area contributed by atoms with Gasteiger partial charge in [-0.2, -0.15) is 0 Å². The van der Waals surface area contributed by atoms with Gasteiger partial charge in [0.25, 0.3) is 0 Å². The fraction of sp³-hybridized carbons (Fsp3) is 0.192. The molecule has 4 rings (SSSR count). The van der Waals surface area contributed by atoms with Crippen LogP contribution in [0.3, 0.4) is 0 Å². The molecule has 1 aromatic heterocycles. The molecule has 1 amide bonds. The highest BCUT2D eigenvalue weighted by atomic mass is 35.5. The number of carbonyl (C=O) groups excluding carboxylic acids is 1. The molecule has 0 radical (unpaired) electrons.